The predicted molar refractivity (Wildman–Crippen MR) is 98.6 cm³/mol. The molecule has 3 rings (SSSR count). The van der Waals surface area contributed by atoms with E-state index in [1.165, 1.54) is 35.0 Å². The van der Waals surface area contributed by atoms with Gasteiger partial charge in [0.15, 0.2) is 0 Å². The maximum atomic E-state index is 13.8. The molecule has 1 N–H and O–H groups in total. The van der Waals surface area contributed by atoms with Crippen molar-refractivity contribution < 1.29 is 18.7 Å². The number of hydrogen-bond donors (Lipinski definition) is 1. The number of ether oxygens (including phenoxy) is 2. The second-order valence-electron chi connectivity index (χ2n) is 5.78. The van der Waals surface area contributed by atoms with Crippen molar-refractivity contribution in [2.24, 2.45) is 0 Å². The molecule has 27 heavy (non-hydrogen) atoms. The summed E-state index contributed by atoms with van der Waals surface area (Å²) in [4.78, 5) is 16.7. The van der Waals surface area contributed by atoms with Gasteiger partial charge in [-0.15, -0.1) is 10.2 Å². The summed E-state index contributed by atoms with van der Waals surface area (Å²) in [5, 5.41) is 10.5. The monoisotopic (exact) mass is 388 g/mol. The highest BCUT2D eigenvalue weighted by atomic mass is 32.1. The molecule has 0 atom stereocenters. The summed E-state index contributed by atoms with van der Waals surface area (Å²) < 4.78 is 24.9. The van der Waals surface area contributed by atoms with E-state index < -0.39 is 5.91 Å². The number of halogens is 1. The molecule has 2 aromatic heterocycles. The van der Waals surface area contributed by atoms with Gasteiger partial charge in [-0.25, -0.2) is 4.39 Å². The van der Waals surface area contributed by atoms with Crippen LogP contribution in [0.2, 0.25) is 0 Å². The van der Waals surface area contributed by atoms with Crippen LogP contribution in [-0.4, -0.2) is 27.2 Å². The Hall–Kier alpha value is -3.07. The van der Waals surface area contributed by atoms with Crippen LogP contribution in [-0.2, 0) is 6.61 Å². The summed E-state index contributed by atoms with van der Waals surface area (Å²) in [5.74, 6) is -0.392. The first-order valence-corrected chi connectivity index (χ1v) is 9.01. The van der Waals surface area contributed by atoms with Gasteiger partial charge in [-0.2, -0.15) is 4.98 Å². The van der Waals surface area contributed by atoms with E-state index in [1.54, 1.807) is 18.2 Å². The van der Waals surface area contributed by atoms with Crippen LogP contribution in [0.1, 0.15) is 29.8 Å². The molecular formula is C18H17FN4O3S. The Balaban J connectivity index is 1.81. The zero-order valence-corrected chi connectivity index (χ0v) is 15.5. The second-order valence-corrected chi connectivity index (χ2v) is 6.61. The van der Waals surface area contributed by atoms with Gasteiger partial charge in [-0.3, -0.25) is 10.1 Å². The molecule has 140 valence electrons. The van der Waals surface area contributed by atoms with Crippen LogP contribution in [0.5, 0.6) is 11.8 Å². The Morgan fingerprint density at radius 2 is 2.04 bits per heavy atom. The lowest BCUT2D eigenvalue weighted by Crippen LogP contribution is -2.14. The van der Waals surface area contributed by atoms with Gasteiger partial charge in [0, 0.05) is 17.7 Å². The van der Waals surface area contributed by atoms with Crippen LogP contribution in [0, 0.1) is 5.82 Å². The molecule has 3 aromatic rings. The molecule has 7 nitrogen and oxygen atoms in total. The summed E-state index contributed by atoms with van der Waals surface area (Å²) in [6.07, 6.45) is -0.140. The van der Waals surface area contributed by atoms with E-state index in [4.69, 9.17) is 9.47 Å². The standard InChI is InChI=1S/C18H17FN4O3S/c1-11(2)26-16-8-13(17(24)22-18-23-20-10-27-18)7-15(21-16)25-9-12-5-3-4-6-14(12)19/h3-8,10-11H,9H2,1-2H3,(H,22,23,24). The second kappa shape index (κ2) is 8.54. The first-order valence-electron chi connectivity index (χ1n) is 8.13. The fourth-order valence-electron chi connectivity index (χ4n) is 2.15. The summed E-state index contributed by atoms with van der Waals surface area (Å²) in [6, 6.07) is 9.26. The Morgan fingerprint density at radius 1 is 1.26 bits per heavy atom. The maximum absolute atomic E-state index is 13.8. The van der Waals surface area contributed by atoms with E-state index in [0.29, 0.717) is 10.7 Å². The minimum Gasteiger partial charge on any atom is -0.475 e. The topological polar surface area (TPSA) is 86.2 Å². The highest BCUT2D eigenvalue weighted by molar-refractivity contribution is 7.13. The van der Waals surface area contributed by atoms with Crippen molar-refractivity contribution in [3.8, 4) is 11.8 Å². The lowest BCUT2D eigenvalue weighted by molar-refractivity contribution is 0.102. The Morgan fingerprint density at radius 3 is 2.74 bits per heavy atom. The van der Waals surface area contributed by atoms with Crippen LogP contribution in [0.15, 0.2) is 41.9 Å². The van der Waals surface area contributed by atoms with Gasteiger partial charge in [0.1, 0.15) is 17.9 Å². The number of carbonyl (C=O) groups is 1. The largest absolute Gasteiger partial charge is 0.475 e. The summed E-state index contributed by atoms with van der Waals surface area (Å²) in [7, 11) is 0. The minimum atomic E-state index is -0.404. The van der Waals surface area contributed by atoms with Crippen molar-refractivity contribution in [2.75, 3.05) is 5.32 Å². The number of anilines is 1. The van der Waals surface area contributed by atoms with Crippen LogP contribution in [0.3, 0.4) is 0 Å². The van der Waals surface area contributed by atoms with E-state index in [9.17, 15) is 9.18 Å². The Kier molecular flexibility index (Phi) is 5.92. The van der Waals surface area contributed by atoms with E-state index >= 15 is 0 Å². The summed E-state index contributed by atoms with van der Waals surface area (Å²) in [5.41, 5.74) is 2.17. The molecular weight excluding hydrogens is 371 g/mol. The average molecular weight is 388 g/mol. The fraction of sp³-hybridized carbons (Fsp3) is 0.222. The SMILES string of the molecule is CC(C)Oc1cc(C(=O)Nc2nncs2)cc(OCc2ccccc2F)n1. The van der Waals surface area contributed by atoms with Gasteiger partial charge in [0.2, 0.25) is 16.9 Å². The van der Waals surface area contributed by atoms with E-state index in [0.717, 1.165) is 0 Å². The third kappa shape index (κ3) is 5.20. The molecule has 0 spiro atoms. The average Bonchev–Trinajstić information content (AvgIpc) is 3.13. The zero-order valence-electron chi connectivity index (χ0n) is 14.7. The molecule has 0 saturated heterocycles. The third-order valence-corrected chi connectivity index (χ3v) is 3.92. The number of aromatic nitrogens is 3. The first kappa shape index (κ1) is 18.7. The van der Waals surface area contributed by atoms with Gasteiger partial charge >= 0.3 is 0 Å². The molecule has 2 heterocycles. The van der Waals surface area contributed by atoms with Gasteiger partial charge in [0.25, 0.3) is 5.91 Å². The molecule has 0 aliphatic heterocycles. The van der Waals surface area contributed by atoms with Crippen LogP contribution in [0.25, 0.3) is 0 Å². The first-order chi connectivity index (χ1) is 13.0. The van der Waals surface area contributed by atoms with Crippen molar-refractivity contribution in [3.63, 3.8) is 0 Å². The van der Waals surface area contributed by atoms with Crippen molar-refractivity contribution in [1.82, 2.24) is 15.2 Å². The van der Waals surface area contributed by atoms with Crippen molar-refractivity contribution >= 4 is 22.4 Å². The molecule has 0 radical (unpaired) electrons. The molecule has 0 saturated carbocycles. The smallest absolute Gasteiger partial charge is 0.257 e. The Bertz CT molecular complexity index is 919. The normalized spacial score (nSPS) is 10.7. The molecule has 0 fully saturated rings. The van der Waals surface area contributed by atoms with Crippen LogP contribution in [0.4, 0.5) is 9.52 Å². The maximum Gasteiger partial charge on any atom is 0.257 e. The van der Waals surface area contributed by atoms with Gasteiger partial charge in [-0.1, -0.05) is 29.5 Å². The highest BCUT2D eigenvalue weighted by Gasteiger charge is 2.14. The van der Waals surface area contributed by atoms with Gasteiger partial charge in [-0.05, 0) is 19.9 Å². The van der Waals surface area contributed by atoms with Crippen LogP contribution >= 0.6 is 11.3 Å². The van der Waals surface area contributed by atoms with Crippen molar-refractivity contribution in [2.45, 2.75) is 26.6 Å². The predicted octanol–water partition coefficient (Wildman–Crippen LogP) is 3.69. The molecule has 1 amide bonds. The molecule has 0 unspecified atom stereocenters. The van der Waals surface area contributed by atoms with Gasteiger partial charge < -0.3 is 9.47 Å². The molecule has 1 aromatic carbocycles. The lowest BCUT2D eigenvalue weighted by Gasteiger charge is -2.13. The molecule has 0 bridgehead atoms. The van der Waals surface area contributed by atoms with Crippen LogP contribution < -0.4 is 14.8 Å². The number of carbonyl (C=O) groups excluding carboxylic acids is 1. The zero-order chi connectivity index (χ0) is 19.2. The third-order valence-electron chi connectivity index (χ3n) is 3.31. The number of amides is 1. The summed E-state index contributed by atoms with van der Waals surface area (Å²) >= 11 is 1.20. The van der Waals surface area contributed by atoms with E-state index in [2.05, 4.69) is 20.5 Å². The lowest BCUT2D eigenvalue weighted by atomic mass is 10.2. The number of pyridine rings is 1. The number of nitrogens with zero attached hydrogens (tertiary/aromatic N) is 3. The fourth-order valence-corrected chi connectivity index (χ4v) is 2.59. The molecule has 0 aliphatic carbocycles. The van der Waals surface area contributed by atoms with Crippen molar-refractivity contribution in [1.29, 1.82) is 0 Å². The Labute approximate surface area is 159 Å². The number of rotatable bonds is 7. The van der Waals surface area contributed by atoms with E-state index in [-0.39, 0.29) is 35.9 Å². The quantitative estimate of drug-likeness (QED) is 0.664. The highest BCUT2D eigenvalue weighted by Crippen LogP contribution is 2.22. The molecule has 0 aliphatic rings. The summed E-state index contributed by atoms with van der Waals surface area (Å²) in [6.45, 7) is 3.66. The van der Waals surface area contributed by atoms with Crippen molar-refractivity contribution in [3.05, 3.63) is 58.9 Å². The number of benzene rings is 1. The van der Waals surface area contributed by atoms with Gasteiger partial charge in [0.05, 0.1) is 11.7 Å². The molecule has 9 heteroatoms. The van der Waals surface area contributed by atoms with E-state index in [1.807, 2.05) is 13.8 Å². The number of hydrogen-bond acceptors (Lipinski definition) is 7. The minimum absolute atomic E-state index is 0.0255. The number of nitrogens with one attached hydrogen (secondary N) is 1.